The summed E-state index contributed by atoms with van der Waals surface area (Å²) in [6, 6.07) is 0. The van der Waals surface area contributed by atoms with Crippen molar-refractivity contribution in [1.82, 2.24) is 14.7 Å². The molecule has 0 aliphatic carbocycles. The average molecular weight is 263 g/mol. The Morgan fingerprint density at radius 3 is 2.95 bits per heavy atom. The van der Waals surface area contributed by atoms with Gasteiger partial charge in [-0.25, -0.2) is 4.79 Å². The number of methoxy groups -OCH3 is 1. The van der Waals surface area contributed by atoms with Crippen molar-refractivity contribution in [3.05, 3.63) is 17.5 Å². The van der Waals surface area contributed by atoms with Gasteiger partial charge in [0.25, 0.3) is 0 Å². The van der Waals surface area contributed by atoms with E-state index in [1.54, 1.807) is 13.2 Å². The SMILES string of the molecule is COC(=O)c1c(C#CCN2CCOCC2)cnn1C. The number of morpholine rings is 1. The van der Waals surface area contributed by atoms with Crippen LogP contribution in [0.4, 0.5) is 0 Å². The molecule has 0 atom stereocenters. The molecule has 1 fully saturated rings. The highest BCUT2D eigenvalue weighted by molar-refractivity contribution is 5.90. The summed E-state index contributed by atoms with van der Waals surface area (Å²) in [6.45, 7) is 3.96. The van der Waals surface area contributed by atoms with Crippen LogP contribution < -0.4 is 0 Å². The Labute approximate surface area is 112 Å². The first-order chi connectivity index (χ1) is 9.22. The van der Waals surface area contributed by atoms with Crippen LogP contribution in [0.1, 0.15) is 16.1 Å². The predicted octanol–water partition coefficient (Wildman–Crippen LogP) is -0.110. The monoisotopic (exact) mass is 263 g/mol. The molecule has 0 saturated carbocycles. The zero-order valence-electron chi connectivity index (χ0n) is 11.2. The van der Waals surface area contributed by atoms with E-state index in [4.69, 9.17) is 9.47 Å². The first kappa shape index (κ1) is 13.6. The minimum Gasteiger partial charge on any atom is -0.464 e. The number of aromatic nitrogens is 2. The van der Waals surface area contributed by atoms with E-state index in [-0.39, 0.29) is 0 Å². The summed E-state index contributed by atoms with van der Waals surface area (Å²) < 4.78 is 11.5. The number of esters is 1. The number of hydrogen-bond acceptors (Lipinski definition) is 5. The molecule has 1 saturated heterocycles. The van der Waals surface area contributed by atoms with Gasteiger partial charge in [0.2, 0.25) is 0 Å². The van der Waals surface area contributed by atoms with E-state index in [1.165, 1.54) is 11.8 Å². The first-order valence-electron chi connectivity index (χ1n) is 6.11. The van der Waals surface area contributed by atoms with Gasteiger partial charge < -0.3 is 9.47 Å². The van der Waals surface area contributed by atoms with Crippen LogP contribution in [-0.2, 0) is 16.5 Å². The third kappa shape index (κ3) is 3.34. The van der Waals surface area contributed by atoms with Crippen molar-refractivity contribution in [1.29, 1.82) is 0 Å². The van der Waals surface area contributed by atoms with Gasteiger partial charge in [0.1, 0.15) is 0 Å². The van der Waals surface area contributed by atoms with Gasteiger partial charge in [-0.2, -0.15) is 5.10 Å². The lowest BCUT2D eigenvalue weighted by atomic mass is 10.2. The van der Waals surface area contributed by atoms with Gasteiger partial charge in [-0.15, -0.1) is 0 Å². The third-order valence-corrected chi connectivity index (χ3v) is 2.95. The topological polar surface area (TPSA) is 56.6 Å². The average Bonchev–Trinajstić information content (AvgIpc) is 2.80. The molecule has 6 nitrogen and oxygen atoms in total. The van der Waals surface area contributed by atoms with Crippen molar-refractivity contribution in [3.8, 4) is 11.8 Å². The number of aryl methyl sites for hydroxylation is 1. The lowest BCUT2D eigenvalue weighted by molar-refractivity contribution is 0.0443. The van der Waals surface area contributed by atoms with Gasteiger partial charge >= 0.3 is 5.97 Å². The zero-order valence-corrected chi connectivity index (χ0v) is 11.2. The van der Waals surface area contributed by atoms with Crippen LogP contribution in [0.3, 0.4) is 0 Å². The minimum atomic E-state index is -0.421. The third-order valence-electron chi connectivity index (χ3n) is 2.95. The van der Waals surface area contributed by atoms with E-state index in [2.05, 4.69) is 21.8 Å². The summed E-state index contributed by atoms with van der Waals surface area (Å²) in [7, 11) is 3.04. The van der Waals surface area contributed by atoms with E-state index in [0.29, 0.717) is 17.8 Å². The van der Waals surface area contributed by atoms with Crippen LogP contribution in [0, 0.1) is 11.8 Å². The van der Waals surface area contributed by atoms with Gasteiger partial charge in [-0.3, -0.25) is 9.58 Å². The molecule has 0 aromatic carbocycles. The maximum atomic E-state index is 11.6. The fraction of sp³-hybridized carbons (Fsp3) is 0.538. The maximum absolute atomic E-state index is 11.6. The van der Waals surface area contributed by atoms with E-state index >= 15 is 0 Å². The molecule has 1 aliphatic heterocycles. The molecule has 19 heavy (non-hydrogen) atoms. The molecule has 1 aromatic rings. The number of carbonyl (C=O) groups is 1. The van der Waals surface area contributed by atoms with Gasteiger partial charge in [0.05, 0.1) is 38.6 Å². The van der Waals surface area contributed by atoms with Gasteiger partial charge in [0, 0.05) is 20.1 Å². The molecule has 1 aromatic heterocycles. The highest BCUT2D eigenvalue weighted by Crippen LogP contribution is 2.07. The van der Waals surface area contributed by atoms with Crippen molar-refractivity contribution >= 4 is 5.97 Å². The Hall–Kier alpha value is -1.84. The molecule has 2 rings (SSSR count). The Balaban J connectivity index is 2.05. The fourth-order valence-corrected chi connectivity index (χ4v) is 1.87. The largest absolute Gasteiger partial charge is 0.464 e. The molecule has 0 N–H and O–H groups in total. The Morgan fingerprint density at radius 2 is 2.26 bits per heavy atom. The second-order valence-corrected chi connectivity index (χ2v) is 4.21. The van der Waals surface area contributed by atoms with Crippen LogP contribution in [0.2, 0.25) is 0 Å². The lowest BCUT2D eigenvalue weighted by Gasteiger charge is -2.24. The van der Waals surface area contributed by atoms with E-state index in [9.17, 15) is 4.79 Å². The lowest BCUT2D eigenvalue weighted by Crippen LogP contribution is -2.36. The van der Waals surface area contributed by atoms with Crippen molar-refractivity contribution < 1.29 is 14.3 Å². The highest BCUT2D eigenvalue weighted by Gasteiger charge is 2.15. The summed E-state index contributed by atoms with van der Waals surface area (Å²) in [5, 5.41) is 4.03. The number of hydrogen-bond donors (Lipinski definition) is 0. The quantitative estimate of drug-likeness (QED) is 0.550. The summed E-state index contributed by atoms with van der Waals surface area (Å²) in [4.78, 5) is 13.8. The highest BCUT2D eigenvalue weighted by atomic mass is 16.5. The molecular formula is C13H17N3O3. The summed E-state index contributed by atoms with van der Waals surface area (Å²) in [5.74, 6) is 5.62. The molecule has 0 unspecified atom stereocenters. The summed E-state index contributed by atoms with van der Waals surface area (Å²) in [5.41, 5.74) is 0.986. The van der Waals surface area contributed by atoms with Crippen LogP contribution in [0.15, 0.2) is 6.20 Å². The van der Waals surface area contributed by atoms with Gasteiger partial charge in [0.15, 0.2) is 5.69 Å². The summed E-state index contributed by atoms with van der Waals surface area (Å²) >= 11 is 0. The number of nitrogens with zero attached hydrogens (tertiary/aromatic N) is 3. The number of rotatable bonds is 2. The fourth-order valence-electron chi connectivity index (χ4n) is 1.87. The van der Waals surface area contributed by atoms with Crippen molar-refractivity contribution in [3.63, 3.8) is 0 Å². The molecule has 1 aliphatic rings. The van der Waals surface area contributed by atoms with E-state index < -0.39 is 5.97 Å². The van der Waals surface area contributed by atoms with Crippen molar-refractivity contribution in [2.24, 2.45) is 7.05 Å². The molecule has 2 heterocycles. The molecule has 6 heteroatoms. The van der Waals surface area contributed by atoms with E-state index in [0.717, 1.165) is 26.3 Å². The molecule has 0 bridgehead atoms. The van der Waals surface area contributed by atoms with Crippen LogP contribution >= 0.6 is 0 Å². The molecule has 0 amide bonds. The standard InChI is InChI=1S/C13H17N3O3/c1-15-12(13(17)18-2)11(10-14-15)4-3-5-16-6-8-19-9-7-16/h10H,5-9H2,1-2H3. The summed E-state index contributed by atoms with van der Waals surface area (Å²) in [6.07, 6.45) is 1.58. The van der Waals surface area contributed by atoms with Crippen LogP contribution in [-0.4, -0.2) is 60.6 Å². The van der Waals surface area contributed by atoms with E-state index in [1.807, 2.05) is 0 Å². The molecule has 0 radical (unpaired) electrons. The zero-order chi connectivity index (χ0) is 13.7. The second-order valence-electron chi connectivity index (χ2n) is 4.21. The van der Waals surface area contributed by atoms with Gasteiger partial charge in [-0.1, -0.05) is 11.8 Å². The minimum absolute atomic E-state index is 0.386. The van der Waals surface area contributed by atoms with Crippen molar-refractivity contribution in [2.75, 3.05) is 40.0 Å². The Morgan fingerprint density at radius 1 is 1.53 bits per heavy atom. The Bertz CT molecular complexity index is 507. The number of ether oxygens (including phenoxy) is 2. The predicted molar refractivity (Wildman–Crippen MR) is 68.7 cm³/mol. The Kier molecular flexibility index (Phi) is 4.55. The molecular weight excluding hydrogens is 246 g/mol. The maximum Gasteiger partial charge on any atom is 0.357 e. The molecule has 0 spiro atoms. The van der Waals surface area contributed by atoms with Crippen LogP contribution in [0.25, 0.3) is 0 Å². The van der Waals surface area contributed by atoms with Crippen molar-refractivity contribution in [2.45, 2.75) is 0 Å². The van der Waals surface area contributed by atoms with Crippen LogP contribution in [0.5, 0.6) is 0 Å². The normalized spacial score (nSPS) is 15.7. The smallest absolute Gasteiger partial charge is 0.357 e. The molecule has 102 valence electrons. The number of carbonyl (C=O) groups excluding carboxylic acids is 1. The second kappa shape index (κ2) is 6.36. The van der Waals surface area contributed by atoms with Gasteiger partial charge in [-0.05, 0) is 0 Å². The first-order valence-corrected chi connectivity index (χ1v) is 6.11.